The number of aryl methyl sites for hydroxylation is 1. The van der Waals surface area contributed by atoms with E-state index in [0.717, 1.165) is 16.8 Å². The zero-order valence-electron chi connectivity index (χ0n) is 14.4. The minimum Gasteiger partial charge on any atom is -0.382 e. The van der Waals surface area contributed by atoms with Crippen molar-refractivity contribution in [3.63, 3.8) is 0 Å². The molecule has 1 atom stereocenters. The van der Waals surface area contributed by atoms with Crippen LogP contribution in [0.25, 0.3) is 11.0 Å². The molecule has 0 spiro atoms. The van der Waals surface area contributed by atoms with E-state index in [2.05, 4.69) is 10.1 Å². The molecule has 0 saturated heterocycles. The first-order valence-corrected chi connectivity index (χ1v) is 8.21. The lowest BCUT2D eigenvalue weighted by Crippen LogP contribution is -2.28. The highest BCUT2D eigenvalue weighted by atomic mass is 35.5. The van der Waals surface area contributed by atoms with Crippen LogP contribution in [0, 0.1) is 0 Å². The summed E-state index contributed by atoms with van der Waals surface area (Å²) in [5.41, 5.74) is -2.92. The summed E-state index contributed by atoms with van der Waals surface area (Å²) in [6, 6.07) is 2.57. The van der Waals surface area contributed by atoms with Crippen LogP contribution in [0.15, 0.2) is 29.3 Å². The van der Waals surface area contributed by atoms with Crippen LogP contribution < -0.4 is 5.56 Å². The summed E-state index contributed by atoms with van der Waals surface area (Å²) in [4.78, 5) is 16.0. The summed E-state index contributed by atoms with van der Waals surface area (Å²) in [5.74, 6) is 0. The van der Waals surface area contributed by atoms with Gasteiger partial charge in [-0.15, -0.1) is 0 Å². The summed E-state index contributed by atoms with van der Waals surface area (Å²) < 4.78 is 77.5. The first-order chi connectivity index (χ1) is 13.3. The van der Waals surface area contributed by atoms with Crippen LogP contribution >= 0.6 is 11.6 Å². The number of aliphatic hydroxyl groups is 1. The maximum absolute atomic E-state index is 12.8. The van der Waals surface area contributed by atoms with Crippen molar-refractivity contribution >= 4 is 22.6 Å². The van der Waals surface area contributed by atoms with Crippen LogP contribution in [-0.4, -0.2) is 30.6 Å². The van der Waals surface area contributed by atoms with Crippen molar-refractivity contribution in [2.75, 3.05) is 0 Å². The number of fused-ring (bicyclic) bond motifs is 1. The molecule has 0 bridgehead atoms. The van der Waals surface area contributed by atoms with E-state index in [-0.39, 0.29) is 16.8 Å². The summed E-state index contributed by atoms with van der Waals surface area (Å²) in [5, 5.41) is 13.8. The topological polar surface area (TPSA) is 72.9 Å². The minimum atomic E-state index is -4.69. The van der Waals surface area contributed by atoms with E-state index < -0.39 is 46.7 Å². The van der Waals surface area contributed by atoms with E-state index in [4.69, 9.17) is 11.6 Å². The van der Waals surface area contributed by atoms with Gasteiger partial charge in [-0.05, 0) is 17.7 Å². The first-order valence-electron chi connectivity index (χ1n) is 7.83. The molecule has 29 heavy (non-hydrogen) atoms. The fourth-order valence-electron chi connectivity index (χ4n) is 2.81. The van der Waals surface area contributed by atoms with Gasteiger partial charge in [-0.2, -0.15) is 31.4 Å². The second-order valence-electron chi connectivity index (χ2n) is 6.14. The number of benzene rings is 1. The number of rotatable bonds is 3. The zero-order valence-corrected chi connectivity index (χ0v) is 15.1. The maximum atomic E-state index is 12.8. The fourth-order valence-corrected chi connectivity index (χ4v) is 3.11. The highest BCUT2D eigenvalue weighted by Gasteiger charge is 2.34. The van der Waals surface area contributed by atoms with Crippen molar-refractivity contribution < 1.29 is 31.4 Å². The molecule has 0 aliphatic heterocycles. The highest BCUT2D eigenvalue weighted by Crippen LogP contribution is 2.37. The fraction of sp³-hybridized carbons (Fsp3) is 0.312. The Labute approximate surface area is 163 Å². The Morgan fingerprint density at radius 3 is 2.38 bits per heavy atom. The van der Waals surface area contributed by atoms with Gasteiger partial charge in [-0.1, -0.05) is 17.7 Å². The number of alkyl halides is 6. The van der Waals surface area contributed by atoms with Gasteiger partial charge in [0.05, 0.1) is 22.6 Å². The summed E-state index contributed by atoms with van der Waals surface area (Å²) in [7, 11) is 1.31. The number of halogens is 7. The second kappa shape index (κ2) is 7.02. The second-order valence-corrected chi connectivity index (χ2v) is 6.55. The molecule has 0 aliphatic carbocycles. The number of aromatic nitrogens is 4. The Morgan fingerprint density at radius 1 is 1.17 bits per heavy atom. The largest absolute Gasteiger partial charge is 0.417 e. The van der Waals surface area contributed by atoms with E-state index in [9.17, 15) is 36.2 Å². The van der Waals surface area contributed by atoms with E-state index in [1.54, 1.807) is 0 Å². The molecule has 0 fully saturated rings. The summed E-state index contributed by atoms with van der Waals surface area (Å²) >= 11 is 5.66. The predicted molar refractivity (Wildman–Crippen MR) is 89.3 cm³/mol. The highest BCUT2D eigenvalue weighted by molar-refractivity contribution is 6.31. The van der Waals surface area contributed by atoms with Gasteiger partial charge >= 0.3 is 12.4 Å². The van der Waals surface area contributed by atoms with Crippen molar-refractivity contribution in [3.05, 3.63) is 56.7 Å². The third-order valence-electron chi connectivity index (χ3n) is 4.08. The number of aliphatic hydroxyl groups excluding tert-OH is 1. The van der Waals surface area contributed by atoms with Gasteiger partial charge in [0.1, 0.15) is 18.2 Å². The SMILES string of the molecule is Cn1nc2c(=O)n(CC(F)(F)F)cnc2c1C(O)c1ccc(C(F)(F)F)c(Cl)c1. The molecule has 13 heteroatoms. The lowest BCUT2D eigenvalue weighted by Gasteiger charge is -2.15. The van der Waals surface area contributed by atoms with Crippen LogP contribution in [0.3, 0.4) is 0 Å². The van der Waals surface area contributed by atoms with Crippen LogP contribution in [0.1, 0.15) is 22.9 Å². The maximum Gasteiger partial charge on any atom is 0.417 e. The van der Waals surface area contributed by atoms with Crippen molar-refractivity contribution in [2.24, 2.45) is 7.05 Å². The first kappa shape index (κ1) is 21.1. The Balaban J connectivity index is 2.08. The summed E-state index contributed by atoms with van der Waals surface area (Å²) in [6.07, 6.45) is -10.3. The molecule has 6 nitrogen and oxygen atoms in total. The Morgan fingerprint density at radius 2 is 1.83 bits per heavy atom. The van der Waals surface area contributed by atoms with Gasteiger partial charge in [-0.25, -0.2) is 4.98 Å². The zero-order chi connectivity index (χ0) is 21.7. The van der Waals surface area contributed by atoms with Gasteiger partial charge in [0.25, 0.3) is 5.56 Å². The monoisotopic (exact) mass is 440 g/mol. The molecule has 156 valence electrons. The van der Waals surface area contributed by atoms with Crippen LogP contribution in [-0.2, 0) is 19.8 Å². The lowest BCUT2D eigenvalue weighted by atomic mass is 10.0. The van der Waals surface area contributed by atoms with E-state index in [1.807, 2.05) is 0 Å². The third kappa shape index (κ3) is 4.08. The van der Waals surface area contributed by atoms with E-state index in [1.165, 1.54) is 7.05 Å². The standard InChI is InChI=1S/C16H11ClF6N4O2/c1-26-12(13(28)7-2-3-8(9(17)4-7)16(21,22)23)10-11(25-26)14(29)27(6-24-10)5-15(18,19)20/h2-4,6,13,28H,5H2,1H3. The molecule has 1 aromatic carbocycles. The molecule has 1 unspecified atom stereocenters. The van der Waals surface area contributed by atoms with Crippen molar-refractivity contribution in [1.29, 1.82) is 0 Å². The molecular weight excluding hydrogens is 430 g/mol. The minimum absolute atomic E-state index is 0.0471. The van der Waals surface area contributed by atoms with Gasteiger partial charge < -0.3 is 5.11 Å². The molecule has 2 aromatic heterocycles. The van der Waals surface area contributed by atoms with E-state index >= 15 is 0 Å². The summed E-state index contributed by atoms with van der Waals surface area (Å²) in [6.45, 7) is -1.57. The molecule has 0 amide bonds. The number of hydrogen-bond acceptors (Lipinski definition) is 4. The molecule has 3 rings (SSSR count). The number of nitrogens with zero attached hydrogens (tertiary/aromatic N) is 4. The average molecular weight is 441 g/mol. The van der Waals surface area contributed by atoms with Crippen molar-refractivity contribution in [2.45, 2.75) is 25.0 Å². The smallest absolute Gasteiger partial charge is 0.382 e. The molecular formula is C16H11ClF6N4O2. The molecule has 3 aromatic rings. The van der Waals surface area contributed by atoms with Crippen molar-refractivity contribution in [3.8, 4) is 0 Å². The van der Waals surface area contributed by atoms with Gasteiger partial charge in [0.15, 0.2) is 5.52 Å². The lowest BCUT2D eigenvalue weighted by molar-refractivity contribution is -0.141. The quantitative estimate of drug-likeness (QED) is 0.633. The number of hydrogen-bond donors (Lipinski definition) is 1. The van der Waals surface area contributed by atoms with Gasteiger partial charge in [0, 0.05) is 7.05 Å². The molecule has 2 heterocycles. The third-order valence-corrected chi connectivity index (χ3v) is 4.39. The van der Waals surface area contributed by atoms with Crippen LogP contribution in [0.2, 0.25) is 5.02 Å². The molecule has 0 radical (unpaired) electrons. The van der Waals surface area contributed by atoms with Crippen molar-refractivity contribution in [1.82, 2.24) is 19.3 Å². The Kier molecular flexibility index (Phi) is 5.11. The molecule has 0 saturated carbocycles. The average Bonchev–Trinajstić information content (AvgIpc) is 2.91. The predicted octanol–water partition coefficient (Wildman–Crippen LogP) is 3.45. The van der Waals surface area contributed by atoms with Gasteiger partial charge in [-0.3, -0.25) is 14.0 Å². The molecule has 1 N–H and O–H groups in total. The molecule has 0 aliphatic rings. The van der Waals surface area contributed by atoms with Crippen LogP contribution in [0.5, 0.6) is 0 Å². The Hall–Kier alpha value is -2.60. The normalized spacial score (nSPS) is 13.8. The van der Waals surface area contributed by atoms with Crippen LogP contribution in [0.4, 0.5) is 26.3 Å². The van der Waals surface area contributed by atoms with Gasteiger partial charge in [0.2, 0.25) is 0 Å². The Bertz CT molecular complexity index is 1140. The van der Waals surface area contributed by atoms with E-state index in [0.29, 0.717) is 17.0 Å².